The van der Waals surface area contributed by atoms with Gasteiger partial charge in [0, 0.05) is 22.8 Å². The van der Waals surface area contributed by atoms with Gasteiger partial charge in [-0.15, -0.1) is 11.3 Å². The minimum atomic E-state index is -0.368. The highest BCUT2D eigenvalue weighted by Gasteiger charge is 2.23. The number of thiophene rings is 1. The van der Waals surface area contributed by atoms with E-state index in [4.69, 9.17) is 18.9 Å². The van der Waals surface area contributed by atoms with Gasteiger partial charge < -0.3 is 24.3 Å². The third-order valence-corrected chi connectivity index (χ3v) is 5.99. The van der Waals surface area contributed by atoms with Gasteiger partial charge in [-0.1, -0.05) is 6.07 Å². The molecule has 6 nitrogen and oxygen atoms in total. The predicted molar refractivity (Wildman–Crippen MR) is 114 cm³/mol. The lowest BCUT2D eigenvalue weighted by atomic mass is 10.1. The van der Waals surface area contributed by atoms with Gasteiger partial charge in [0.1, 0.15) is 5.82 Å². The second kappa shape index (κ2) is 9.32. The maximum absolute atomic E-state index is 14.4. The fourth-order valence-electron chi connectivity index (χ4n) is 3.33. The molecule has 0 aliphatic carbocycles. The number of fused-ring (bicyclic) bond motifs is 1. The third-order valence-electron chi connectivity index (χ3n) is 4.79. The monoisotopic (exact) mass is 433 g/mol. The topological polar surface area (TPSA) is 66.0 Å². The molecule has 1 heterocycles. The van der Waals surface area contributed by atoms with Crippen molar-refractivity contribution in [3.05, 3.63) is 52.2 Å². The van der Waals surface area contributed by atoms with Crippen molar-refractivity contribution in [3.8, 4) is 17.2 Å². The van der Waals surface area contributed by atoms with Gasteiger partial charge in [0.15, 0.2) is 11.5 Å². The van der Waals surface area contributed by atoms with Crippen molar-refractivity contribution < 1.29 is 28.1 Å². The van der Waals surface area contributed by atoms with E-state index in [9.17, 15) is 9.18 Å². The first-order chi connectivity index (χ1) is 14.4. The normalized spacial score (nSPS) is 11.9. The van der Waals surface area contributed by atoms with Gasteiger partial charge in [-0.3, -0.25) is 4.79 Å². The van der Waals surface area contributed by atoms with Crippen LogP contribution in [0.2, 0.25) is 0 Å². The van der Waals surface area contributed by atoms with Crippen molar-refractivity contribution in [1.82, 2.24) is 5.32 Å². The molecule has 8 heteroatoms. The molecular weight excluding hydrogens is 409 g/mol. The average molecular weight is 434 g/mol. The first kappa shape index (κ1) is 21.9. The van der Waals surface area contributed by atoms with E-state index in [0.29, 0.717) is 37.8 Å². The largest absolute Gasteiger partial charge is 0.493 e. The molecule has 0 fully saturated rings. The average Bonchev–Trinajstić information content (AvgIpc) is 3.12. The van der Waals surface area contributed by atoms with Crippen molar-refractivity contribution in [2.24, 2.45) is 0 Å². The molecule has 3 rings (SSSR count). The lowest BCUT2D eigenvalue weighted by Crippen LogP contribution is -2.26. The molecule has 30 heavy (non-hydrogen) atoms. The fraction of sp³-hybridized carbons (Fsp3) is 0.318. The van der Waals surface area contributed by atoms with Gasteiger partial charge in [-0.25, -0.2) is 4.39 Å². The second-order valence-corrected chi connectivity index (χ2v) is 7.66. The summed E-state index contributed by atoms with van der Waals surface area (Å²) in [4.78, 5) is 13.5. The Hall–Kier alpha value is -2.84. The molecule has 0 saturated carbocycles. The standard InChI is InChI=1S/C22H24FNO5S/c1-12(13-9-16(27-3)20(29-5)17(10-13)28-4)24-22(25)21-14(11-26-2)19-15(23)7-6-8-18(19)30-21/h6-10,12H,11H2,1-5H3,(H,24,25). The lowest BCUT2D eigenvalue weighted by molar-refractivity contribution is 0.0939. The zero-order chi connectivity index (χ0) is 21.8. The highest BCUT2D eigenvalue weighted by Crippen LogP contribution is 2.40. The summed E-state index contributed by atoms with van der Waals surface area (Å²) in [6.07, 6.45) is 0. The Balaban J connectivity index is 1.95. The molecule has 0 spiro atoms. The number of hydrogen-bond acceptors (Lipinski definition) is 6. The minimum absolute atomic E-state index is 0.141. The second-order valence-electron chi connectivity index (χ2n) is 6.61. The summed E-state index contributed by atoms with van der Waals surface area (Å²) in [7, 11) is 6.12. The zero-order valence-corrected chi connectivity index (χ0v) is 18.3. The Morgan fingerprint density at radius 2 is 1.77 bits per heavy atom. The Kier molecular flexibility index (Phi) is 6.79. The molecular formula is C22H24FNO5S. The summed E-state index contributed by atoms with van der Waals surface area (Å²) < 4.78 is 36.4. The molecule has 1 atom stereocenters. The SMILES string of the molecule is COCc1c(C(=O)NC(C)c2cc(OC)c(OC)c(OC)c2)sc2cccc(F)c12. The van der Waals surface area contributed by atoms with Crippen LogP contribution in [-0.4, -0.2) is 34.3 Å². The van der Waals surface area contributed by atoms with Crippen LogP contribution in [0.5, 0.6) is 17.2 Å². The number of methoxy groups -OCH3 is 4. The summed E-state index contributed by atoms with van der Waals surface area (Å²) in [5, 5.41) is 3.40. The van der Waals surface area contributed by atoms with Crippen LogP contribution in [0.1, 0.15) is 33.8 Å². The molecule has 1 N–H and O–H groups in total. The van der Waals surface area contributed by atoms with Crippen LogP contribution in [0.15, 0.2) is 30.3 Å². The van der Waals surface area contributed by atoms with Crippen molar-refractivity contribution in [2.75, 3.05) is 28.4 Å². The van der Waals surface area contributed by atoms with Gasteiger partial charge in [0.25, 0.3) is 5.91 Å². The van der Waals surface area contributed by atoms with E-state index in [1.54, 1.807) is 24.3 Å². The smallest absolute Gasteiger partial charge is 0.262 e. The maximum atomic E-state index is 14.4. The number of benzene rings is 2. The van der Waals surface area contributed by atoms with E-state index in [1.165, 1.54) is 45.8 Å². The number of nitrogens with one attached hydrogen (secondary N) is 1. The molecule has 1 unspecified atom stereocenters. The molecule has 0 aliphatic rings. The van der Waals surface area contributed by atoms with Crippen LogP contribution in [0.3, 0.4) is 0 Å². The first-order valence-corrected chi connectivity index (χ1v) is 10.1. The van der Waals surface area contributed by atoms with Crippen LogP contribution in [0.4, 0.5) is 4.39 Å². The molecule has 0 aliphatic heterocycles. The molecule has 0 radical (unpaired) electrons. The van der Waals surface area contributed by atoms with Crippen LogP contribution in [-0.2, 0) is 11.3 Å². The van der Waals surface area contributed by atoms with Crippen LogP contribution in [0, 0.1) is 5.82 Å². The summed E-state index contributed by atoms with van der Waals surface area (Å²) in [5.74, 6) is 0.801. The van der Waals surface area contributed by atoms with E-state index in [2.05, 4.69) is 5.32 Å². The Bertz CT molecular complexity index is 1040. The number of halogens is 1. The van der Waals surface area contributed by atoms with Crippen LogP contribution in [0.25, 0.3) is 10.1 Å². The van der Waals surface area contributed by atoms with E-state index in [-0.39, 0.29) is 24.4 Å². The number of hydrogen-bond donors (Lipinski definition) is 1. The van der Waals surface area contributed by atoms with Gasteiger partial charge in [-0.05, 0) is 36.8 Å². The summed E-state index contributed by atoms with van der Waals surface area (Å²) in [6, 6.07) is 8.01. The van der Waals surface area contributed by atoms with Crippen molar-refractivity contribution in [3.63, 3.8) is 0 Å². The number of carbonyl (C=O) groups excluding carboxylic acids is 1. The zero-order valence-electron chi connectivity index (χ0n) is 17.5. The van der Waals surface area contributed by atoms with Crippen molar-refractivity contribution >= 4 is 27.3 Å². The minimum Gasteiger partial charge on any atom is -0.493 e. The molecule has 2 aromatic carbocycles. The van der Waals surface area contributed by atoms with E-state index >= 15 is 0 Å². The summed E-state index contributed by atoms with van der Waals surface area (Å²) in [6.45, 7) is 1.99. The number of amides is 1. The number of ether oxygens (including phenoxy) is 4. The maximum Gasteiger partial charge on any atom is 0.262 e. The molecule has 3 aromatic rings. The Morgan fingerprint density at radius 3 is 2.33 bits per heavy atom. The molecule has 0 bridgehead atoms. The molecule has 1 amide bonds. The number of carbonyl (C=O) groups is 1. The van der Waals surface area contributed by atoms with Gasteiger partial charge in [-0.2, -0.15) is 0 Å². The Morgan fingerprint density at radius 1 is 1.10 bits per heavy atom. The van der Waals surface area contributed by atoms with Crippen LogP contribution >= 0.6 is 11.3 Å². The summed E-state index contributed by atoms with van der Waals surface area (Å²) >= 11 is 1.24. The van der Waals surface area contributed by atoms with Crippen molar-refractivity contribution in [2.45, 2.75) is 19.6 Å². The highest BCUT2D eigenvalue weighted by atomic mass is 32.1. The van der Waals surface area contributed by atoms with E-state index in [0.717, 1.165) is 5.56 Å². The van der Waals surface area contributed by atoms with E-state index < -0.39 is 0 Å². The van der Waals surface area contributed by atoms with Gasteiger partial charge in [0.05, 0.1) is 38.9 Å². The first-order valence-electron chi connectivity index (χ1n) is 9.24. The molecule has 1 aromatic heterocycles. The lowest BCUT2D eigenvalue weighted by Gasteiger charge is -2.19. The van der Waals surface area contributed by atoms with Crippen molar-refractivity contribution in [1.29, 1.82) is 0 Å². The van der Waals surface area contributed by atoms with Crippen LogP contribution < -0.4 is 19.5 Å². The molecule has 0 saturated heterocycles. The molecule has 160 valence electrons. The fourth-order valence-corrected chi connectivity index (χ4v) is 4.45. The van der Waals surface area contributed by atoms with Gasteiger partial charge >= 0.3 is 0 Å². The van der Waals surface area contributed by atoms with E-state index in [1.807, 2.05) is 6.92 Å². The third kappa shape index (κ3) is 4.06. The van der Waals surface area contributed by atoms with Gasteiger partial charge in [0.2, 0.25) is 5.75 Å². The highest BCUT2D eigenvalue weighted by molar-refractivity contribution is 7.21. The number of rotatable bonds is 8. The quantitative estimate of drug-likeness (QED) is 0.558. The summed E-state index contributed by atoms with van der Waals surface area (Å²) in [5.41, 5.74) is 1.32. The predicted octanol–water partition coefficient (Wildman–Crippen LogP) is 4.70. The Labute approximate surface area is 178 Å².